The summed E-state index contributed by atoms with van der Waals surface area (Å²) in [7, 11) is 1.61. The van der Waals surface area contributed by atoms with Crippen molar-refractivity contribution in [2.75, 3.05) is 12.8 Å². The van der Waals surface area contributed by atoms with Crippen LogP contribution in [0, 0.1) is 0 Å². The topological polar surface area (TPSA) is 73.9 Å². The van der Waals surface area contributed by atoms with Crippen molar-refractivity contribution in [1.29, 1.82) is 0 Å². The number of hydrogen-bond acceptors (Lipinski definition) is 5. The Morgan fingerprint density at radius 2 is 2.08 bits per heavy atom. The fraction of sp³-hybridized carbons (Fsp3) is 0.625. The lowest BCUT2D eigenvalue weighted by Crippen LogP contribution is -2.10. The van der Waals surface area contributed by atoms with Crippen LogP contribution in [0.25, 0.3) is 0 Å². The van der Waals surface area contributed by atoms with Gasteiger partial charge in [0.2, 0.25) is 5.95 Å². The summed E-state index contributed by atoms with van der Waals surface area (Å²) in [6.45, 7) is 3.84. The third-order valence-corrected chi connectivity index (χ3v) is 1.75. The van der Waals surface area contributed by atoms with E-state index < -0.39 is 0 Å². The second kappa shape index (κ2) is 4.13. The minimum Gasteiger partial charge on any atom is -0.374 e. The summed E-state index contributed by atoms with van der Waals surface area (Å²) in [5, 5.41) is 0. The van der Waals surface area contributed by atoms with Crippen molar-refractivity contribution in [2.45, 2.75) is 26.4 Å². The highest BCUT2D eigenvalue weighted by atomic mass is 16.5. The lowest BCUT2D eigenvalue weighted by atomic mass is 10.3. The quantitative estimate of drug-likeness (QED) is 0.745. The van der Waals surface area contributed by atoms with E-state index >= 15 is 0 Å². The SMILES string of the molecule is CCc1nc(N)nc(C(C)OC)n1. The van der Waals surface area contributed by atoms with E-state index in [-0.39, 0.29) is 12.1 Å². The van der Waals surface area contributed by atoms with Gasteiger partial charge in [0.1, 0.15) is 11.9 Å². The van der Waals surface area contributed by atoms with Crippen molar-refractivity contribution >= 4 is 5.95 Å². The molecule has 0 aliphatic rings. The average molecular weight is 182 g/mol. The molecule has 1 aromatic heterocycles. The molecule has 0 fully saturated rings. The van der Waals surface area contributed by atoms with Crippen molar-refractivity contribution < 1.29 is 4.74 Å². The van der Waals surface area contributed by atoms with Gasteiger partial charge in [0, 0.05) is 13.5 Å². The summed E-state index contributed by atoms with van der Waals surface area (Å²) >= 11 is 0. The van der Waals surface area contributed by atoms with Gasteiger partial charge in [-0.2, -0.15) is 9.97 Å². The summed E-state index contributed by atoms with van der Waals surface area (Å²) in [6.07, 6.45) is 0.603. The first-order valence-corrected chi connectivity index (χ1v) is 4.20. The second-order valence-electron chi connectivity index (χ2n) is 2.70. The van der Waals surface area contributed by atoms with E-state index in [0.717, 1.165) is 6.42 Å². The zero-order valence-electron chi connectivity index (χ0n) is 8.11. The largest absolute Gasteiger partial charge is 0.374 e. The third-order valence-electron chi connectivity index (χ3n) is 1.75. The molecular weight excluding hydrogens is 168 g/mol. The van der Waals surface area contributed by atoms with Crippen LogP contribution in [0.3, 0.4) is 0 Å². The minimum absolute atomic E-state index is 0.143. The maximum Gasteiger partial charge on any atom is 0.223 e. The summed E-state index contributed by atoms with van der Waals surface area (Å²) < 4.78 is 5.08. The van der Waals surface area contributed by atoms with Crippen LogP contribution < -0.4 is 5.73 Å². The molecule has 72 valence electrons. The van der Waals surface area contributed by atoms with E-state index in [0.29, 0.717) is 11.6 Å². The van der Waals surface area contributed by atoms with E-state index in [1.807, 2.05) is 13.8 Å². The van der Waals surface area contributed by atoms with E-state index in [9.17, 15) is 0 Å². The Morgan fingerprint density at radius 1 is 1.38 bits per heavy atom. The van der Waals surface area contributed by atoms with E-state index in [2.05, 4.69) is 15.0 Å². The summed E-state index contributed by atoms with van der Waals surface area (Å²) in [4.78, 5) is 12.1. The van der Waals surface area contributed by atoms with Gasteiger partial charge in [-0.1, -0.05) is 6.92 Å². The molecule has 5 nitrogen and oxygen atoms in total. The summed E-state index contributed by atoms with van der Waals surface area (Å²) in [5.74, 6) is 1.55. The Kier molecular flexibility index (Phi) is 3.13. The first-order valence-electron chi connectivity index (χ1n) is 4.20. The lowest BCUT2D eigenvalue weighted by molar-refractivity contribution is 0.111. The number of methoxy groups -OCH3 is 1. The molecule has 0 spiro atoms. The third kappa shape index (κ3) is 2.35. The fourth-order valence-corrected chi connectivity index (χ4v) is 0.902. The first-order chi connectivity index (χ1) is 6.17. The maximum absolute atomic E-state index is 5.51. The Morgan fingerprint density at radius 3 is 2.62 bits per heavy atom. The van der Waals surface area contributed by atoms with E-state index in [1.54, 1.807) is 7.11 Å². The van der Waals surface area contributed by atoms with Crippen LogP contribution in [-0.2, 0) is 11.2 Å². The average Bonchev–Trinajstić information content (AvgIpc) is 2.15. The van der Waals surface area contributed by atoms with Crippen molar-refractivity contribution in [2.24, 2.45) is 0 Å². The highest BCUT2D eigenvalue weighted by Crippen LogP contribution is 2.11. The van der Waals surface area contributed by atoms with Gasteiger partial charge in [-0.15, -0.1) is 0 Å². The van der Waals surface area contributed by atoms with Gasteiger partial charge in [0.05, 0.1) is 0 Å². The highest BCUT2D eigenvalue weighted by Gasteiger charge is 2.09. The van der Waals surface area contributed by atoms with Crippen LogP contribution in [0.5, 0.6) is 0 Å². The second-order valence-corrected chi connectivity index (χ2v) is 2.70. The number of ether oxygens (including phenoxy) is 1. The molecule has 5 heteroatoms. The standard InChI is InChI=1S/C8H14N4O/c1-4-6-10-7(5(2)13-3)12-8(9)11-6/h5H,4H2,1-3H3,(H2,9,10,11,12). The van der Waals surface area contributed by atoms with Crippen LogP contribution in [0.15, 0.2) is 0 Å². The Labute approximate surface area is 77.4 Å². The first kappa shape index (κ1) is 9.85. The summed E-state index contributed by atoms with van der Waals surface area (Å²) in [5.41, 5.74) is 5.51. The van der Waals surface area contributed by atoms with Crippen molar-refractivity contribution in [3.63, 3.8) is 0 Å². The number of aromatic nitrogens is 3. The molecule has 0 aromatic carbocycles. The Hall–Kier alpha value is -1.23. The molecule has 13 heavy (non-hydrogen) atoms. The number of nitrogens with two attached hydrogens (primary N) is 1. The maximum atomic E-state index is 5.51. The molecule has 1 atom stereocenters. The number of anilines is 1. The number of nitrogens with zero attached hydrogens (tertiary/aromatic N) is 3. The van der Waals surface area contributed by atoms with Gasteiger partial charge in [-0.05, 0) is 6.92 Å². The van der Waals surface area contributed by atoms with E-state index in [4.69, 9.17) is 10.5 Å². The minimum atomic E-state index is -0.143. The molecule has 1 rings (SSSR count). The molecule has 0 amide bonds. The zero-order valence-corrected chi connectivity index (χ0v) is 8.11. The molecule has 0 bridgehead atoms. The molecule has 1 heterocycles. The molecule has 2 N–H and O–H groups in total. The van der Waals surface area contributed by atoms with Crippen LogP contribution >= 0.6 is 0 Å². The predicted molar refractivity (Wildman–Crippen MR) is 49.0 cm³/mol. The van der Waals surface area contributed by atoms with Gasteiger partial charge in [-0.3, -0.25) is 0 Å². The smallest absolute Gasteiger partial charge is 0.223 e. The molecule has 0 radical (unpaired) electrons. The molecule has 0 saturated carbocycles. The zero-order chi connectivity index (χ0) is 9.84. The van der Waals surface area contributed by atoms with E-state index in [1.165, 1.54) is 0 Å². The van der Waals surface area contributed by atoms with Gasteiger partial charge in [0.15, 0.2) is 5.82 Å². The molecule has 1 unspecified atom stereocenters. The number of hydrogen-bond donors (Lipinski definition) is 1. The molecule has 0 aliphatic carbocycles. The van der Waals surface area contributed by atoms with Crippen LogP contribution in [0.2, 0.25) is 0 Å². The van der Waals surface area contributed by atoms with Crippen LogP contribution in [0.1, 0.15) is 31.6 Å². The Bertz CT molecular complexity index is 289. The lowest BCUT2D eigenvalue weighted by Gasteiger charge is -2.08. The fourth-order valence-electron chi connectivity index (χ4n) is 0.902. The molecular formula is C8H14N4O. The van der Waals surface area contributed by atoms with Gasteiger partial charge in [-0.25, -0.2) is 4.98 Å². The number of aryl methyl sites for hydroxylation is 1. The number of nitrogen functional groups attached to an aromatic ring is 1. The van der Waals surface area contributed by atoms with Gasteiger partial charge < -0.3 is 10.5 Å². The molecule has 1 aromatic rings. The van der Waals surface area contributed by atoms with Gasteiger partial charge >= 0.3 is 0 Å². The summed E-state index contributed by atoms with van der Waals surface area (Å²) in [6, 6.07) is 0. The highest BCUT2D eigenvalue weighted by molar-refractivity contribution is 5.16. The number of rotatable bonds is 3. The monoisotopic (exact) mass is 182 g/mol. The van der Waals surface area contributed by atoms with Crippen molar-refractivity contribution in [3.05, 3.63) is 11.6 Å². The van der Waals surface area contributed by atoms with Crippen molar-refractivity contribution in [1.82, 2.24) is 15.0 Å². The van der Waals surface area contributed by atoms with Crippen LogP contribution in [-0.4, -0.2) is 22.1 Å². The van der Waals surface area contributed by atoms with Gasteiger partial charge in [0.25, 0.3) is 0 Å². The molecule has 0 saturated heterocycles. The normalized spacial score (nSPS) is 12.8. The predicted octanol–water partition coefficient (Wildman–Crippen LogP) is 0.724. The van der Waals surface area contributed by atoms with Crippen molar-refractivity contribution in [3.8, 4) is 0 Å². The molecule has 0 aliphatic heterocycles. The van der Waals surface area contributed by atoms with Crippen LogP contribution in [0.4, 0.5) is 5.95 Å². The Balaban J connectivity index is 3.01.